The number of hydrogen-bond acceptors (Lipinski definition) is 7. The van der Waals surface area contributed by atoms with Crippen molar-refractivity contribution in [2.75, 3.05) is 20.8 Å². The molecule has 116 valence electrons. The molecule has 8 heteroatoms. The molecule has 0 unspecified atom stereocenters. The Labute approximate surface area is 125 Å². The van der Waals surface area contributed by atoms with Gasteiger partial charge in [0.2, 0.25) is 0 Å². The van der Waals surface area contributed by atoms with E-state index in [2.05, 4.69) is 9.84 Å². The third-order valence-corrected chi connectivity index (χ3v) is 2.95. The van der Waals surface area contributed by atoms with Gasteiger partial charge in [-0.2, -0.15) is 5.10 Å². The second-order valence-electron chi connectivity index (χ2n) is 4.12. The summed E-state index contributed by atoms with van der Waals surface area (Å²) in [5.74, 6) is -2.41. The predicted octanol–water partition coefficient (Wildman–Crippen LogP) is 1.08. The Morgan fingerprint density at radius 1 is 1.09 bits per heavy atom. The van der Waals surface area contributed by atoms with Gasteiger partial charge in [0, 0.05) is 6.20 Å². The molecule has 0 saturated carbocycles. The number of aromatic nitrogens is 2. The van der Waals surface area contributed by atoms with Gasteiger partial charge in [-0.25, -0.2) is 18.9 Å². The largest absolute Gasteiger partial charge is 0.465 e. The fraction of sp³-hybridized carbons (Fsp3) is 0.286. The van der Waals surface area contributed by atoms with Crippen molar-refractivity contribution in [3.8, 4) is 0 Å². The molecule has 0 aliphatic heterocycles. The summed E-state index contributed by atoms with van der Waals surface area (Å²) in [6.07, 6.45) is 1.41. The molecule has 2 aromatic rings. The van der Waals surface area contributed by atoms with Crippen LogP contribution in [0.25, 0.3) is 5.52 Å². The first-order valence-electron chi connectivity index (χ1n) is 6.40. The molecular formula is C14H14N2O6. The van der Waals surface area contributed by atoms with E-state index in [1.54, 1.807) is 13.0 Å². The smallest absolute Gasteiger partial charge is 0.357 e. The highest BCUT2D eigenvalue weighted by Crippen LogP contribution is 2.25. The van der Waals surface area contributed by atoms with Gasteiger partial charge in [-0.3, -0.25) is 0 Å². The Balaban J connectivity index is 2.88. The molecule has 0 aliphatic carbocycles. The maximum absolute atomic E-state index is 12.2. The van der Waals surface area contributed by atoms with E-state index in [1.165, 1.54) is 19.4 Å². The van der Waals surface area contributed by atoms with E-state index in [-0.39, 0.29) is 28.9 Å². The van der Waals surface area contributed by atoms with Gasteiger partial charge < -0.3 is 14.2 Å². The van der Waals surface area contributed by atoms with Crippen LogP contribution in [0.5, 0.6) is 0 Å². The van der Waals surface area contributed by atoms with Crippen LogP contribution in [0.15, 0.2) is 18.3 Å². The van der Waals surface area contributed by atoms with Crippen LogP contribution in [0.2, 0.25) is 0 Å². The minimum atomic E-state index is -0.853. The molecule has 0 spiro atoms. The molecule has 0 amide bonds. The van der Waals surface area contributed by atoms with E-state index < -0.39 is 17.9 Å². The molecule has 0 aliphatic rings. The van der Waals surface area contributed by atoms with Crippen molar-refractivity contribution in [3.05, 3.63) is 35.2 Å². The van der Waals surface area contributed by atoms with Crippen molar-refractivity contribution < 1.29 is 28.6 Å². The normalized spacial score (nSPS) is 10.3. The van der Waals surface area contributed by atoms with E-state index in [4.69, 9.17) is 9.47 Å². The van der Waals surface area contributed by atoms with Gasteiger partial charge in [-0.15, -0.1) is 0 Å². The Kier molecular flexibility index (Phi) is 4.40. The SMILES string of the molecule is CCOC(=O)c1c(C(=O)OC)c(C(=O)OC)c2cccnn12. The molecule has 0 radical (unpaired) electrons. The molecular weight excluding hydrogens is 292 g/mol. The fourth-order valence-corrected chi connectivity index (χ4v) is 2.09. The van der Waals surface area contributed by atoms with Crippen molar-refractivity contribution in [3.63, 3.8) is 0 Å². The number of carbonyl (C=O) groups is 3. The molecule has 0 N–H and O–H groups in total. The topological polar surface area (TPSA) is 96.2 Å². The lowest BCUT2D eigenvalue weighted by Gasteiger charge is -2.04. The molecule has 22 heavy (non-hydrogen) atoms. The van der Waals surface area contributed by atoms with E-state index in [0.29, 0.717) is 0 Å². The summed E-state index contributed by atoms with van der Waals surface area (Å²) in [7, 11) is 2.32. The Hall–Kier alpha value is -2.90. The third-order valence-electron chi connectivity index (χ3n) is 2.95. The van der Waals surface area contributed by atoms with Gasteiger partial charge in [-0.05, 0) is 19.1 Å². The number of nitrogens with zero attached hydrogens (tertiary/aromatic N) is 2. The summed E-state index contributed by atoms with van der Waals surface area (Å²) in [4.78, 5) is 36.3. The second kappa shape index (κ2) is 6.25. The zero-order chi connectivity index (χ0) is 16.3. The van der Waals surface area contributed by atoms with E-state index in [1.807, 2.05) is 0 Å². The number of rotatable bonds is 4. The van der Waals surface area contributed by atoms with Gasteiger partial charge in [0.05, 0.1) is 26.3 Å². The molecule has 2 aromatic heterocycles. The van der Waals surface area contributed by atoms with Gasteiger partial charge in [0.25, 0.3) is 0 Å². The Morgan fingerprint density at radius 2 is 1.73 bits per heavy atom. The zero-order valence-corrected chi connectivity index (χ0v) is 12.3. The number of carbonyl (C=O) groups excluding carboxylic acids is 3. The minimum absolute atomic E-state index is 0.0921. The van der Waals surface area contributed by atoms with Crippen LogP contribution < -0.4 is 0 Å². The van der Waals surface area contributed by atoms with E-state index in [9.17, 15) is 14.4 Å². The van der Waals surface area contributed by atoms with Crippen LogP contribution in [0, 0.1) is 0 Å². The number of ether oxygens (including phenoxy) is 3. The van der Waals surface area contributed by atoms with Crippen molar-refractivity contribution in [1.82, 2.24) is 9.61 Å². The van der Waals surface area contributed by atoms with Crippen LogP contribution in [0.1, 0.15) is 38.1 Å². The molecule has 0 bridgehead atoms. The Morgan fingerprint density at radius 3 is 2.32 bits per heavy atom. The van der Waals surface area contributed by atoms with Crippen LogP contribution in [0.4, 0.5) is 0 Å². The number of methoxy groups -OCH3 is 2. The molecule has 2 heterocycles. The van der Waals surface area contributed by atoms with Gasteiger partial charge in [0.15, 0.2) is 5.69 Å². The van der Waals surface area contributed by atoms with Crippen LogP contribution in [-0.4, -0.2) is 48.3 Å². The molecule has 0 aromatic carbocycles. The molecule has 0 saturated heterocycles. The maximum atomic E-state index is 12.2. The monoisotopic (exact) mass is 306 g/mol. The summed E-state index contributed by atoms with van der Waals surface area (Å²) in [6, 6.07) is 3.10. The summed E-state index contributed by atoms with van der Waals surface area (Å²) in [5.41, 5.74) is -0.250. The summed E-state index contributed by atoms with van der Waals surface area (Å²) in [6.45, 7) is 1.73. The predicted molar refractivity (Wildman–Crippen MR) is 73.8 cm³/mol. The van der Waals surface area contributed by atoms with Gasteiger partial charge in [0.1, 0.15) is 11.1 Å². The lowest BCUT2D eigenvalue weighted by molar-refractivity contribution is 0.0493. The first-order valence-corrected chi connectivity index (χ1v) is 6.40. The number of esters is 3. The standard InChI is InChI=1S/C14H14N2O6/c1-4-22-14(19)11-10(13(18)21-3)9(12(17)20-2)8-6-5-7-15-16(8)11/h5-7H,4H2,1-3H3. The fourth-order valence-electron chi connectivity index (χ4n) is 2.09. The van der Waals surface area contributed by atoms with E-state index in [0.717, 1.165) is 11.6 Å². The van der Waals surface area contributed by atoms with Crippen LogP contribution in [0.3, 0.4) is 0 Å². The highest BCUT2D eigenvalue weighted by molar-refractivity contribution is 6.14. The Bertz CT molecular complexity index is 749. The average molecular weight is 306 g/mol. The summed E-state index contributed by atoms with van der Waals surface area (Å²) < 4.78 is 15.5. The highest BCUT2D eigenvalue weighted by atomic mass is 16.5. The summed E-state index contributed by atoms with van der Waals surface area (Å²) in [5, 5.41) is 4.00. The summed E-state index contributed by atoms with van der Waals surface area (Å²) >= 11 is 0. The average Bonchev–Trinajstić information content (AvgIpc) is 2.88. The number of fused-ring (bicyclic) bond motifs is 1. The van der Waals surface area contributed by atoms with Crippen molar-refractivity contribution >= 4 is 23.4 Å². The molecule has 0 atom stereocenters. The van der Waals surface area contributed by atoms with E-state index >= 15 is 0 Å². The van der Waals surface area contributed by atoms with Crippen molar-refractivity contribution in [1.29, 1.82) is 0 Å². The van der Waals surface area contributed by atoms with Crippen molar-refractivity contribution in [2.24, 2.45) is 0 Å². The quantitative estimate of drug-likeness (QED) is 0.616. The molecule has 0 fully saturated rings. The third kappa shape index (κ3) is 2.39. The van der Waals surface area contributed by atoms with Crippen molar-refractivity contribution in [2.45, 2.75) is 6.92 Å². The second-order valence-corrected chi connectivity index (χ2v) is 4.12. The zero-order valence-electron chi connectivity index (χ0n) is 12.3. The van der Waals surface area contributed by atoms with Crippen LogP contribution in [-0.2, 0) is 14.2 Å². The highest BCUT2D eigenvalue weighted by Gasteiger charge is 2.33. The van der Waals surface area contributed by atoms with Gasteiger partial charge >= 0.3 is 17.9 Å². The maximum Gasteiger partial charge on any atom is 0.357 e. The first kappa shape index (κ1) is 15.5. The molecule has 2 rings (SSSR count). The molecule has 8 nitrogen and oxygen atoms in total. The minimum Gasteiger partial charge on any atom is -0.465 e. The van der Waals surface area contributed by atoms with Gasteiger partial charge in [-0.1, -0.05) is 0 Å². The number of hydrogen-bond donors (Lipinski definition) is 0. The van der Waals surface area contributed by atoms with Crippen LogP contribution >= 0.6 is 0 Å². The lowest BCUT2D eigenvalue weighted by atomic mass is 10.1. The lowest BCUT2D eigenvalue weighted by Crippen LogP contribution is -2.16. The first-order chi connectivity index (χ1) is 10.6.